The van der Waals surface area contributed by atoms with Crippen LogP contribution in [0.3, 0.4) is 0 Å². The second-order valence-corrected chi connectivity index (χ2v) is 9.90. The third kappa shape index (κ3) is 4.68. The molecule has 1 unspecified atom stereocenters. The molecule has 1 fully saturated rings. The summed E-state index contributed by atoms with van der Waals surface area (Å²) in [6, 6.07) is 8.25. The van der Waals surface area contributed by atoms with Crippen molar-refractivity contribution in [1.82, 2.24) is 14.9 Å². The SMILES string of the molecule is Cc1ccc(-c2nc3c(c(SC(C)C(=O)N4CCOCC4)n2)COC(C)(C)C3)cc1. The number of aryl methyl sites for hydroxylation is 1. The lowest BCUT2D eigenvalue weighted by Gasteiger charge is -2.32. The van der Waals surface area contributed by atoms with Crippen LogP contribution in [0.15, 0.2) is 29.3 Å². The number of amides is 1. The van der Waals surface area contributed by atoms with Gasteiger partial charge in [0, 0.05) is 30.6 Å². The second kappa shape index (κ2) is 8.65. The zero-order chi connectivity index (χ0) is 21.3. The highest BCUT2D eigenvalue weighted by atomic mass is 32.2. The summed E-state index contributed by atoms with van der Waals surface area (Å²) in [5.74, 6) is 0.838. The Bertz CT molecular complexity index is 924. The summed E-state index contributed by atoms with van der Waals surface area (Å²) in [6.07, 6.45) is 0.725. The molecule has 2 aliphatic heterocycles. The van der Waals surface area contributed by atoms with Crippen LogP contribution in [0.4, 0.5) is 0 Å². The zero-order valence-electron chi connectivity index (χ0n) is 18.1. The number of carbonyl (C=O) groups is 1. The quantitative estimate of drug-likeness (QED) is 0.548. The standard InChI is InChI=1S/C23H29N3O3S/c1-15-5-7-17(8-6-15)20-24-19-13-23(3,4)29-14-18(19)21(25-20)30-16(2)22(27)26-9-11-28-12-10-26/h5-8,16H,9-14H2,1-4H3. The molecule has 0 saturated carbocycles. The van der Waals surface area contributed by atoms with Gasteiger partial charge in [-0.1, -0.05) is 41.6 Å². The highest BCUT2D eigenvalue weighted by molar-refractivity contribution is 8.00. The Hall–Kier alpha value is -1.96. The molecule has 0 N–H and O–H groups in total. The summed E-state index contributed by atoms with van der Waals surface area (Å²) in [4.78, 5) is 24.6. The van der Waals surface area contributed by atoms with Crippen molar-refractivity contribution < 1.29 is 14.3 Å². The monoisotopic (exact) mass is 427 g/mol. The first-order chi connectivity index (χ1) is 14.3. The average molecular weight is 428 g/mol. The third-order valence-corrected chi connectivity index (χ3v) is 6.64. The van der Waals surface area contributed by atoms with Gasteiger partial charge < -0.3 is 14.4 Å². The Morgan fingerprint density at radius 3 is 2.57 bits per heavy atom. The lowest BCUT2D eigenvalue weighted by atomic mass is 9.96. The van der Waals surface area contributed by atoms with Gasteiger partial charge in [0.25, 0.3) is 0 Å². The Kier molecular flexibility index (Phi) is 6.14. The maximum absolute atomic E-state index is 12.9. The fraction of sp³-hybridized carbons (Fsp3) is 0.522. The number of ether oxygens (including phenoxy) is 2. The van der Waals surface area contributed by atoms with E-state index in [4.69, 9.17) is 19.4 Å². The summed E-state index contributed by atoms with van der Waals surface area (Å²) in [5.41, 5.74) is 3.96. The molecular formula is C23H29N3O3S. The molecule has 30 heavy (non-hydrogen) atoms. The van der Waals surface area contributed by atoms with Crippen LogP contribution in [0.25, 0.3) is 11.4 Å². The number of morpholine rings is 1. The summed E-state index contributed by atoms with van der Waals surface area (Å²) in [6.45, 7) is 11.2. The van der Waals surface area contributed by atoms with E-state index in [1.165, 1.54) is 17.3 Å². The summed E-state index contributed by atoms with van der Waals surface area (Å²) < 4.78 is 11.4. The minimum atomic E-state index is -0.261. The molecule has 160 valence electrons. The van der Waals surface area contributed by atoms with E-state index in [1.54, 1.807) is 0 Å². The van der Waals surface area contributed by atoms with E-state index in [2.05, 4.69) is 45.0 Å². The molecule has 2 aliphatic rings. The Labute approximate surface area is 182 Å². The predicted molar refractivity (Wildman–Crippen MR) is 117 cm³/mol. The average Bonchev–Trinajstić information content (AvgIpc) is 2.73. The van der Waals surface area contributed by atoms with Crippen LogP contribution in [0, 0.1) is 6.92 Å². The molecule has 0 bridgehead atoms. The van der Waals surface area contributed by atoms with Crippen LogP contribution in [0.5, 0.6) is 0 Å². The van der Waals surface area contributed by atoms with Gasteiger partial charge in [0.05, 0.1) is 36.4 Å². The van der Waals surface area contributed by atoms with E-state index in [0.29, 0.717) is 38.7 Å². The summed E-state index contributed by atoms with van der Waals surface area (Å²) in [7, 11) is 0. The molecular weight excluding hydrogens is 398 g/mol. The van der Waals surface area contributed by atoms with Crippen molar-refractivity contribution in [2.75, 3.05) is 26.3 Å². The van der Waals surface area contributed by atoms with E-state index >= 15 is 0 Å². The molecule has 0 radical (unpaired) electrons. The second-order valence-electron chi connectivity index (χ2n) is 8.57. The Balaban J connectivity index is 1.66. The van der Waals surface area contributed by atoms with Gasteiger partial charge in [0.1, 0.15) is 5.03 Å². The first-order valence-electron chi connectivity index (χ1n) is 10.5. The molecule has 3 heterocycles. The Morgan fingerprint density at radius 2 is 1.87 bits per heavy atom. The molecule has 1 saturated heterocycles. The van der Waals surface area contributed by atoms with E-state index in [1.807, 2.05) is 11.8 Å². The van der Waals surface area contributed by atoms with Crippen LogP contribution in [0.2, 0.25) is 0 Å². The van der Waals surface area contributed by atoms with E-state index in [0.717, 1.165) is 28.3 Å². The lowest BCUT2D eigenvalue weighted by Crippen LogP contribution is -2.44. The number of nitrogens with zero attached hydrogens (tertiary/aromatic N) is 3. The number of thioether (sulfide) groups is 1. The molecule has 1 amide bonds. The number of carbonyl (C=O) groups excluding carboxylic acids is 1. The Morgan fingerprint density at radius 1 is 1.17 bits per heavy atom. The number of benzene rings is 1. The largest absolute Gasteiger partial charge is 0.378 e. The molecule has 1 aromatic carbocycles. The lowest BCUT2D eigenvalue weighted by molar-refractivity contribution is -0.134. The molecule has 1 atom stereocenters. The first kappa shape index (κ1) is 21.3. The topological polar surface area (TPSA) is 64.6 Å². The van der Waals surface area contributed by atoms with Crippen LogP contribution >= 0.6 is 11.8 Å². The van der Waals surface area contributed by atoms with Crippen molar-refractivity contribution >= 4 is 17.7 Å². The molecule has 0 aliphatic carbocycles. The summed E-state index contributed by atoms with van der Waals surface area (Å²) in [5, 5.41) is 0.614. The van der Waals surface area contributed by atoms with Crippen molar-refractivity contribution in [2.45, 2.75) is 56.6 Å². The number of hydrogen-bond donors (Lipinski definition) is 0. The van der Waals surface area contributed by atoms with Crippen molar-refractivity contribution in [3.63, 3.8) is 0 Å². The molecule has 4 rings (SSSR count). The van der Waals surface area contributed by atoms with Crippen LogP contribution in [-0.4, -0.2) is 57.9 Å². The predicted octanol–water partition coefficient (Wildman–Crippen LogP) is 3.64. The number of hydrogen-bond acceptors (Lipinski definition) is 6. The van der Waals surface area contributed by atoms with Gasteiger partial charge in [-0.2, -0.15) is 0 Å². The molecule has 1 aromatic heterocycles. The van der Waals surface area contributed by atoms with Crippen molar-refractivity contribution in [3.05, 3.63) is 41.1 Å². The maximum atomic E-state index is 12.9. The van der Waals surface area contributed by atoms with Crippen LogP contribution < -0.4 is 0 Å². The molecule has 7 heteroatoms. The van der Waals surface area contributed by atoms with E-state index in [9.17, 15) is 4.79 Å². The van der Waals surface area contributed by atoms with E-state index in [-0.39, 0.29) is 16.8 Å². The number of rotatable bonds is 4. The smallest absolute Gasteiger partial charge is 0.235 e. The minimum absolute atomic E-state index is 0.129. The fourth-order valence-corrected chi connectivity index (χ4v) is 4.75. The van der Waals surface area contributed by atoms with Gasteiger partial charge in [-0.15, -0.1) is 0 Å². The maximum Gasteiger partial charge on any atom is 0.235 e. The zero-order valence-corrected chi connectivity index (χ0v) is 18.9. The van der Waals surface area contributed by atoms with Crippen molar-refractivity contribution in [2.24, 2.45) is 0 Å². The van der Waals surface area contributed by atoms with E-state index < -0.39 is 0 Å². The van der Waals surface area contributed by atoms with Crippen LogP contribution in [0.1, 0.15) is 37.6 Å². The normalized spacial score (nSPS) is 19.3. The minimum Gasteiger partial charge on any atom is -0.378 e. The van der Waals surface area contributed by atoms with Gasteiger partial charge in [0.2, 0.25) is 5.91 Å². The van der Waals surface area contributed by atoms with Gasteiger partial charge >= 0.3 is 0 Å². The van der Waals surface area contributed by atoms with Crippen molar-refractivity contribution in [1.29, 1.82) is 0 Å². The molecule has 6 nitrogen and oxygen atoms in total. The van der Waals surface area contributed by atoms with Gasteiger partial charge in [0.15, 0.2) is 5.82 Å². The van der Waals surface area contributed by atoms with Gasteiger partial charge in [-0.05, 0) is 27.7 Å². The molecule has 0 spiro atoms. The fourth-order valence-electron chi connectivity index (χ4n) is 3.71. The number of fused-ring (bicyclic) bond motifs is 1. The highest BCUT2D eigenvalue weighted by Gasteiger charge is 2.32. The van der Waals surface area contributed by atoms with Crippen LogP contribution in [-0.2, 0) is 27.3 Å². The van der Waals surface area contributed by atoms with Gasteiger partial charge in [-0.25, -0.2) is 9.97 Å². The molecule has 2 aromatic rings. The van der Waals surface area contributed by atoms with Gasteiger partial charge in [-0.3, -0.25) is 4.79 Å². The number of aromatic nitrogens is 2. The first-order valence-corrected chi connectivity index (χ1v) is 11.3. The summed E-state index contributed by atoms with van der Waals surface area (Å²) >= 11 is 1.51. The highest BCUT2D eigenvalue weighted by Crippen LogP contribution is 2.36. The third-order valence-electron chi connectivity index (χ3n) is 5.52. The van der Waals surface area contributed by atoms with Crippen molar-refractivity contribution in [3.8, 4) is 11.4 Å².